The third-order valence-electron chi connectivity index (χ3n) is 8.24. The number of likely N-dealkylation sites (N-methyl/N-ethyl adjacent to an activating group) is 1. The summed E-state index contributed by atoms with van der Waals surface area (Å²) in [5.74, 6) is -2.86. The Bertz CT molecular complexity index is 1070. The molecule has 11 nitrogen and oxygen atoms in total. The van der Waals surface area contributed by atoms with Crippen molar-refractivity contribution in [2.24, 2.45) is 11.8 Å². The van der Waals surface area contributed by atoms with Crippen molar-refractivity contribution in [3.8, 4) is 0 Å². The number of aliphatic carboxylic acids is 1. The Balaban J connectivity index is 0.00000400. The van der Waals surface area contributed by atoms with Gasteiger partial charge in [0.25, 0.3) is 5.91 Å². The van der Waals surface area contributed by atoms with Crippen LogP contribution >= 0.6 is 11.8 Å². The first-order valence-electron chi connectivity index (χ1n) is 12.6. The van der Waals surface area contributed by atoms with Gasteiger partial charge in [0.05, 0.1) is 69.2 Å². The van der Waals surface area contributed by atoms with Crippen molar-refractivity contribution in [3.63, 3.8) is 0 Å². The molecular weight excluding hydrogens is 627 g/mol. The van der Waals surface area contributed by atoms with Crippen molar-refractivity contribution in [1.29, 1.82) is 0 Å². The number of carbonyl (C=O) groups is 4. The first kappa shape index (κ1) is 30.9. The number of fused-ring (bicyclic) bond motifs is 1. The van der Waals surface area contributed by atoms with Gasteiger partial charge in [-0.05, 0) is 6.92 Å². The number of hydrogen-bond donors (Lipinski definition) is 1. The zero-order chi connectivity index (χ0) is 27.4. The van der Waals surface area contributed by atoms with Gasteiger partial charge < -0.3 is 53.1 Å². The smallest absolute Gasteiger partial charge is 0.517 e. The summed E-state index contributed by atoms with van der Waals surface area (Å²) in [6.45, 7) is 8.94. The molecule has 3 fully saturated rings. The van der Waals surface area contributed by atoms with Crippen LogP contribution in [0, 0.1) is 11.8 Å². The van der Waals surface area contributed by atoms with E-state index < -0.39 is 42.2 Å². The Morgan fingerprint density at radius 2 is 1.97 bits per heavy atom. The van der Waals surface area contributed by atoms with E-state index in [1.807, 2.05) is 21.0 Å². The van der Waals surface area contributed by atoms with Crippen LogP contribution < -0.4 is 29.1 Å². The first-order valence-corrected chi connectivity index (χ1v) is 13.5. The van der Waals surface area contributed by atoms with Crippen LogP contribution in [0.2, 0.25) is 0 Å². The fourth-order valence-corrected chi connectivity index (χ4v) is 7.94. The molecule has 7 atom stereocenters. The number of rotatable bonds is 7. The van der Waals surface area contributed by atoms with E-state index in [-0.39, 0.29) is 57.8 Å². The van der Waals surface area contributed by atoms with Crippen molar-refractivity contribution in [3.05, 3.63) is 23.3 Å². The number of carbonyl (C=O) groups excluding carboxylic acids is 4. The third-order valence-corrected chi connectivity index (χ3v) is 9.74. The largest absolute Gasteiger partial charge is 1.00 e. The molecule has 38 heavy (non-hydrogen) atoms. The molecule has 0 radical (unpaired) electrons. The average Bonchev–Trinajstić information content (AvgIpc) is 3.24. The lowest BCUT2D eigenvalue weighted by molar-refractivity contribution is -0.892. The summed E-state index contributed by atoms with van der Waals surface area (Å²) >= 11 is 1.33. The summed E-state index contributed by atoms with van der Waals surface area (Å²) < 4.78 is 5.87. The van der Waals surface area contributed by atoms with Crippen LogP contribution in [0.15, 0.2) is 23.3 Å². The predicted molar refractivity (Wildman–Crippen MR) is 133 cm³/mol. The van der Waals surface area contributed by atoms with Gasteiger partial charge in [0.15, 0.2) is 12.7 Å². The summed E-state index contributed by atoms with van der Waals surface area (Å²) in [5, 5.41) is 22.0. The quantitative estimate of drug-likeness (QED) is 0.128. The van der Waals surface area contributed by atoms with E-state index in [0.717, 1.165) is 6.54 Å². The predicted octanol–water partition coefficient (Wildman–Crippen LogP) is -3.67. The number of carboxylic acid groups (broad SMARTS) is 1. The minimum atomic E-state index is -1.43. The number of β-lactam (4-membered cyclic amide) rings is 1. The van der Waals surface area contributed by atoms with Crippen molar-refractivity contribution in [2.45, 2.75) is 43.8 Å². The fraction of sp³-hybridized carbons (Fsp3) is 0.680. The number of hydrogen-bond acceptors (Lipinski definition) is 8. The minimum absolute atomic E-state index is 0. The maximum absolute atomic E-state index is 13.3. The molecule has 0 spiro atoms. The Morgan fingerprint density at radius 3 is 2.53 bits per heavy atom. The number of ether oxygens (including phenoxy) is 1. The number of thioether (sulfide) groups is 1. The molecule has 4 heterocycles. The summed E-state index contributed by atoms with van der Waals surface area (Å²) in [7, 11) is 5.75. The fourth-order valence-electron chi connectivity index (χ4n) is 6.28. The zero-order valence-corrected chi connectivity index (χ0v) is 25.4. The van der Waals surface area contributed by atoms with Crippen molar-refractivity contribution in [2.75, 3.05) is 53.9 Å². The summed E-state index contributed by atoms with van der Waals surface area (Å²) in [5.41, 5.74) is -0.149. The highest BCUT2D eigenvalue weighted by Crippen LogP contribution is 2.52. The van der Waals surface area contributed by atoms with Crippen LogP contribution in [0.3, 0.4) is 0 Å². The Kier molecular flexibility index (Phi) is 8.98. The van der Waals surface area contributed by atoms with Gasteiger partial charge in [-0.3, -0.25) is 14.5 Å². The molecular formula is C25H37IN4O7S. The van der Waals surface area contributed by atoms with Crippen LogP contribution in [-0.4, -0.2) is 125 Å². The molecule has 3 saturated heterocycles. The average molecular weight is 665 g/mol. The molecule has 0 bridgehead atoms. The summed E-state index contributed by atoms with van der Waals surface area (Å²) in [6, 6.07) is -0.442. The number of quaternary nitrogens is 2. The molecule has 0 aromatic rings. The molecule has 0 aromatic heterocycles. The maximum atomic E-state index is 13.3. The molecule has 0 aliphatic carbocycles. The van der Waals surface area contributed by atoms with E-state index in [4.69, 9.17) is 4.74 Å². The van der Waals surface area contributed by atoms with Crippen molar-refractivity contribution < 1.29 is 67.1 Å². The van der Waals surface area contributed by atoms with Gasteiger partial charge in [0.1, 0.15) is 13.2 Å². The lowest BCUT2D eigenvalue weighted by atomic mass is 9.79. The molecule has 0 saturated carbocycles. The van der Waals surface area contributed by atoms with Crippen LogP contribution in [0.4, 0.5) is 4.79 Å². The third kappa shape index (κ3) is 5.11. The standard InChI is InChI=1S/C25H37N4O7S.HI/c1-7-10-36-25(35)29(6)12-16(11-17(29)26-8-9-28(4,5)13-18(26)31)37-22-14(2)20-19(15(3)30)23(32)27(20)21(22)24(33)34;/h7,14-17,19-20,30H,1,8-13H2,2-6H3;1H/q+1;/p-1/t14-,15-,16+,17+,19-,20-,29?;/m1./s1. The number of likely N-dealkylation sites (tertiary alicyclic amines) is 1. The number of halogens is 1. The van der Waals surface area contributed by atoms with Crippen LogP contribution in [0.5, 0.6) is 0 Å². The summed E-state index contributed by atoms with van der Waals surface area (Å²) in [6.07, 6.45) is 0.118. The van der Waals surface area contributed by atoms with E-state index in [0.29, 0.717) is 35.4 Å². The highest BCUT2D eigenvalue weighted by molar-refractivity contribution is 8.03. The van der Waals surface area contributed by atoms with Gasteiger partial charge in [0.2, 0.25) is 5.91 Å². The molecule has 0 aromatic carbocycles. The van der Waals surface area contributed by atoms with Gasteiger partial charge in [0, 0.05) is 17.2 Å². The Hall–Kier alpha value is -1.68. The molecule has 13 heteroatoms. The Labute approximate surface area is 244 Å². The second-order valence-corrected chi connectivity index (χ2v) is 12.8. The maximum Gasteiger partial charge on any atom is 0.517 e. The van der Waals surface area contributed by atoms with Crippen LogP contribution in [-0.2, 0) is 19.1 Å². The van der Waals surface area contributed by atoms with Gasteiger partial charge in [-0.25, -0.2) is 4.48 Å². The number of aliphatic hydroxyl groups is 1. The number of piperazine rings is 1. The highest BCUT2D eigenvalue weighted by atomic mass is 127. The van der Waals surface area contributed by atoms with Crippen LogP contribution in [0.25, 0.3) is 0 Å². The van der Waals surface area contributed by atoms with Gasteiger partial charge in [-0.15, -0.1) is 11.8 Å². The number of aliphatic hydroxyl groups excluding tert-OH is 1. The van der Waals surface area contributed by atoms with Crippen molar-refractivity contribution in [1.82, 2.24) is 9.80 Å². The highest BCUT2D eigenvalue weighted by Gasteiger charge is 2.61. The lowest BCUT2D eigenvalue weighted by Crippen LogP contribution is -3.00. The topological polar surface area (TPSA) is 127 Å². The SMILES string of the molecule is C=CCOC(=O)[N+]1(C)C[C@@H](SC2=C(C(=O)[O-])N3C(=O)[C@H]([C@@H](C)O)[C@H]3[C@H]2C)C[C@H]1N1CC[N+](C)(C)CC1=O.[I-]. The van der Waals surface area contributed by atoms with E-state index >= 15 is 0 Å². The zero-order valence-electron chi connectivity index (χ0n) is 22.5. The minimum Gasteiger partial charge on any atom is -1.00 e. The van der Waals surface area contributed by atoms with Crippen molar-refractivity contribution >= 4 is 35.6 Å². The Morgan fingerprint density at radius 1 is 1.32 bits per heavy atom. The molecule has 4 aliphatic rings. The van der Waals surface area contributed by atoms with E-state index in [1.165, 1.54) is 29.7 Å². The molecule has 3 amide bonds. The molecule has 4 rings (SSSR count). The van der Waals surface area contributed by atoms with E-state index in [9.17, 15) is 29.4 Å². The number of amides is 3. The van der Waals surface area contributed by atoms with E-state index in [1.54, 1.807) is 11.9 Å². The molecule has 1 N–H and O–H groups in total. The molecule has 1 unspecified atom stereocenters. The molecule has 4 aliphatic heterocycles. The second kappa shape index (κ2) is 11.1. The van der Waals surface area contributed by atoms with Gasteiger partial charge >= 0.3 is 6.09 Å². The molecule has 212 valence electrons. The van der Waals surface area contributed by atoms with Gasteiger partial charge in [-0.1, -0.05) is 19.6 Å². The lowest BCUT2D eigenvalue weighted by Gasteiger charge is -2.47. The number of nitrogens with zero attached hydrogens (tertiary/aromatic N) is 4. The summed E-state index contributed by atoms with van der Waals surface area (Å²) in [4.78, 5) is 54.8. The first-order chi connectivity index (χ1) is 17.2. The number of carboxylic acids is 1. The normalized spacial score (nSPS) is 34.8. The monoisotopic (exact) mass is 664 g/mol. The van der Waals surface area contributed by atoms with Gasteiger partial charge in [-0.2, -0.15) is 4.79 Å². The second-order valence-electron chi connectivity index (χ2n) is 11.4. The van der Waals surface area contributed by atoms with Crippen LogP contribution in [0.1, 0.15) is 20.3 Å². The van der Waals surface area contributed by atoms with E-state index in [2.05, 4.69) is 6.58 Å².